The molecule has 28 heavy (non-hydrogen) atoms. The van der Waals surface area contributed by atoms with E-state index in [9.17, 15) is 9.59 Å². The molecule has 0 aliphatic carbocycles. The van der Waals surface area contributed by atoms with Crippen molar-refractivity contribution in [1.82, 2.24) is 15.2 Å². The van der Waals surface area contributed by atoms with Crippen LogP contribution in [-0.2, 0) is 9.53 Å². The highest BCUT2D eigenvalue weighted by atomic mass is 32.1. The summed E-state index contributed by atoms with van der Waals surface area (Å²) in [5.74, 6) is 0.605. The molecule has 3 rings (SSSR count). The van der Waals surface area contributed by atoms with Crippen molar-refractivity contribution in [2.75, 3.05) is 26.8 Å². The topological polar surface area (TPSA) is 80.8 Å². The summed E-state index contributed by atoms with van der Waals surface area (Å²) in [6, 6.07) is 7.01. The molecule has 1 aromatic heterocycles. The van der Waals surface area contributed by atoms with Crippen LogP contribution in [0.15, 0.2) is 35.8 Å². The van der Waals surface area contributed by atoms with Gasteiger partial charge in [0.05, 0.1) is 6.04 Å². The number of aromatic nitrogens is 1. The number of hydrogen-bond acceptors (Lipinski definition) is 6. The smallest absolute Gasteiger partial charge is 0.251 e. The Hall–Kier alpha value is -2.45. The average Bonchev–Trinajstić information content (AvgIpc) is 3.24. The number of amides is 2. The second-order valence-electron chi connectivity index (χ2n) is 6.72. The van der Waals surface area contributed by atoms with E-state index in [0.29, 0.717) is 18.7 Å². The van der Waals surface area contributed by atoms with Crippen LogP contribution in [0.4, 0.5) is 0 Å². The standard InChI is InChI=1S/C20H25N3O4S/c1-14(20-21-9-12-28-20)22-19(25)15-3-5-16(6-4-15)27-17-7-10-23(11-8-17)18(24)13-26-2/h3-6,9,12,14,17H,7-8,10-11,13H2,1-2H3,(H,22,25)/t14-/m0/s1. The van der Waals surface area contributed by atoms with Gasteiger partial charge in [-0.15, -0.1) is 11.3 Å². The number of carbonyl (C=O) groups is 2. The molecule has 0 bridgehead atoms. The number of benzene rings is 1. The van der Waals surface area contributed by atoms with E-state index in [1.54, 1.807) is 23.2 Å². The zero-order valence-electron chi connectivity index (χ0n) is 16.1. The number of rotatable bonds is 7. The fraction of sp³-hybridized carbons (Fsp3) is 0.450. The van der Waals surface area contributed by atoms with E-state index in [4.69, 9.17) is 9.47 Å². The second kappa shape index (κ2) is 9.66. The first-order valence-corrected chi connectivity index (χ1v) is 10.2. The van der Waals surface area contributed by atoms with Gasteiger partial charge < -0.3 is 19.7 Å². The number of hydrogen-bond donors (Lipinski definition) is 1. The lowest BCUT2D eigenvalue weighted by Crippen LogP contribution is -2.43. The Labute approximate surface area is 168 Å². The van der Waals surface area contributed by atoms with Crippen molar-refractivity contribution in [3.8, 4) is 5.75 Å². The van der Waals surface area contributed by atoms with Gasteiger partial charge in [0.15, 0.2) is 0 Å². The minimum Gasteiger partial charge on any atom is -0.490 e. The molecule has 2 aromatic rings. The van der Waals surface area contributed by atoms with E-state index in [0.717, 1.165) is 23.6 Å². The Kier molecular flexibility index (Phi) is 7.00. The number of nitrogens with zero attached hydrogens (tertiary/aromatic N) is 2. The van der Waals surface area contributed by atoms with Crippen LogP contribution in [0.1, 0.15) is 41.2 Å². The predicted molar refractivity (Wildman–Crippen MR) is 107 cm³/mol. The Morgan fingerprint density at radius 1 is 1.29 bits per heavy atom. The number of methoxy groups -OCH3 is 1. The molecular formula is C20H25N3O4S. The number of nitrogens with one attached hydrogen (secondary N) is 1. The lowest BCUT2D eigenvalue weighted by Gasteiger charge is -2.32. The van der Waals surface area contributed by atoms with Gasteiger partial charge >= 0.3 is 0 Å². The van der Waals surface area contributed by atoms with E-state index in [-0.39, 0.29) is 30.6 Å². The van der Waals surface area contributed by atoms with Crippen molar-refractivity contribution in [2.45, 2.75) is 31.9 Å². The van der Waals surface area contributed by atoms with Gasteiger partial charge in [-0.1, -0.05) is 0 Å². The minimum absolute atomic E-state index is 0.0169. The molecule has 1 aliphatic heterocycles. The summed E-state index contributed by atoms with van der Waals surface area (Å²) in [6.45, 7) is 3.37. The molecule has 0 unspecified atom stereocenters. The van der Waals surface area contributed by atoms with Gasteiger partial charge in [0.1, 0.15) is 23.5 Å². The van der Waals surface area contributed by atoms with Gasteiger partial charge in [-0.25, -0.2) is 4.98 Å². The molecule has 1 N–H and O–H groups in total. The predicted octanol–water partition coefficient (Wildman–Crippen LogP) is 2.65. The maximum Gasteiger partial charge on any atom is 0.251 e. The lowest BCUT2D eigenvalue weighted by atomic mass is 10.1. The van der Waals surface area contributed by atoms with Crippen molar-refractivity contribution in [1.29, 1.82) is 0 Å². The first-order valence-electron chi connectivity index (χ1n) is 9.30. The van der Waals surface area contributed by atoms with E-state index in [2.05, 4.69) is 10.3 Å². The number of likely N-dealkylation sites (tertiary alicyclic amines) is 1. The van der Waals surface area contributed by atoms with Gasteiger partial charge in [0.2, 0.25) is 5.91 Å². The maximum atomic E-state index is 12.4. The number of ether oxygens (including phenoxy) is 2. The molecule has 1 fully saturated rings. The highest BCUT2D eigenvalue weighted by molar-refractivity contribution is 7.09. The molecule has 0 radical (unpaired) electrons. The molecule has 150 valence electrons. The number of thiazole rings is 1. The molecular weight excluding hydrogens is 378 g/mol. The molecule has 1 aliphatic rings. The third kappa shape index (κ3) is 5.30. The van der Waals surface area contributed by atoms with Crippen LogP contribution >= 0.6 is 11.3 Å². The van der Waals surface area contributed by atoms with Crippen molar-refractivity contribution >= 4 is 23.2 Å². The summed E-state index contributed by atoms with van der Waals surface area (Å²) in [4.78, 5) is 30.2. The van der Waals surface area contributed by atoms with Gasteiger partial charge in [0, 0.05) is 50.2 Å². The molecule has 1 atom stereocenters. The zero-order valence-corrected chi connectivity index (χ0v) is 16.9. The van der Waals surface area contributed by atoms with Crippen LogP contribution in [-0.4, -0.2) is 54.6 Å². The van der Waals surface area contributed by atoms with Crippen LogP contribution in [0, 0.1) is 0 Å². The van der Waals surface area contributed by atoms with Crippen molar-refractivity contribution < 1.29 is 19.1 Å². The Bertz CT molecular complexity index is 771. The van der Waals surface area contributed by atoms with Gasteiger partial charge in [-0.3, -0.25) is 9.59 Å². The summed E-state index contributed by atoms with van der Waals surface area (Å²) >= 11 is 1.52. The van der Waals surface area contributed by atoms with E-state index < -0.39 is 0 Å². The molecule has 8 heteroatoms. The van der Waals surface area contributed by atoms with Gasteiger partial charge in [0.25, 0.3) is 5.91 Å². The normalized spacial score (nSPS) is 15.9. The van der Waals surface area contributed by atoms with Crippen LogP contribution in [0.5, 0.6) is 5.75 Å². The maximum absolute atomic E-state index is 12.4. The van der Waals surface area contributed by atoms with Crippen LogP contribution in [0.3, 0.4) is 0 Å². The van der Waals surface area contributed by atoms with Crippen molar-refractivity contribution in [2.24, 2.45) is 0 Å². The molecule has 0 spiro atoms. The van der Waals surface area contributed by atoms with E-state index in [1.807, 2.05) is 24.4 Å². The first-order chi connectivity index (χ1) is 13.6. The molecule has 2 heterocycles. The van der Waals surface area contributed by atoms with Crippen LogP contribution in [0.2, 0.25) is 0 Å². The monoisotopic (exact) mass is 403 g/mol. The minimum atomic E-state index is -0.140. The van der Waals surface area contributed by atoms with Crippen molar-refractivity contribution in [3.63, 3.8) is 0 Å². The summed E-state index contributed by atoms with van der Waals surface area (Å²) in [7, 11) is 1.53. The number of carbonyl (C=O) groups excluding carboxylic acids is 2. The Morgan fingerprint density at radius 3 is 2.61 bits per heavy atom. The largest absolute Gasteiger partial charge is 0.490 e. The molecule has 0 saturated carbocycles. The third-order valence-corrected chi connectivity index (χ3v) is 5.61. The summed E-state index contributed by atoms with van der Waals surface area (Å²) < 4.78 is 10.9. The molecule has 7 nitrogen and oxygen atoms in total. The highest BCUT2D eigenvalue weighted by Gasteiger charge is 2.23. The lowest BCUT2D eigenvalue weighted by molar-refractivity contribution is -0.136. The Morgan fingerprint density at radius 2 is 2.00 bits per heavy atom. The quantitative estimate of drug-likeness (QED) is 0.769. The van der Waals surface area contributed by atoms with Crippen molar-refractivity contribution in [3.05, 3.63) is 46.4 Å². The SMILES string of the molecule is COCC(=O)N1CCC(Oc2ccc(C(=O)N[C@@H](C)c3nccs3)cc2)CC1. The fourth-order valence-corrected chi connectivity index (χ4v) is 3.75. The zero-order chi connectivity index (χ0) is 19.9. The first kappa shape index (κ1) is 20.3. The molecule has 1 saturated heterocycles. The third-order valence-electron chi connectivity index (χ3n) is 4.65. The van der Waals surface area contributed by atoms with Crippen LogP contribution in [0.25, 0.3) is 0 Å². The van der Waals surface area contributed by atoms with Crippen LogP contribution < -0.4 is 10.1 Å². The second-order valence-corrected chi connectivity index (χ2v) is 7.65. The Balaban J connectivity index is 1.48. The van der Waals surface area contributed by atoms with Gasteiger partial charge in [-0.05, 0) is 31.2 Å². The average molecular weight is 404 g/mol. The highest BCUT2D eigenvalue weighted by Crippen LogP contribution is 2.21. The fourth-order valence-electron chi connectivity index (χ4n) is 3.11. The number of piperidine rings is 1. The molecule has 1 aromatic carbocycles. The summed E-state index contributed by atoms with van der Waals surface area (Å²) in [5, 5.41) is 5.71. The van der Waals surface area contributed by atoms with E-state index >= 15 is 0 Å². The van der Waals surface area contributed by atoms with E-state index in [1.165, 1.54) is 18.4 Å². The summed E-state index contributed by atoms with van der Waals surface area (Å²) in [6.07, 6.45) is 3.36. The summed E-state index contributed by atoms with van der Waals surface area (Å²) in [5.41, 5.74) is 0.579. The van der Waals surface area contributed by atoms with Gasteiger partial charge in [-0.2, -0.15) is 0 Å². The molecule has 2 amide bonds.